The molecule has 0 amide bonds. The lowest BCUT2D eigenvalue weighted by molar-refractivity contribution is 0.118. The highest BCUT2D eigenvalue weighted by Crippen LogP contribution is 2.19. The van der Waals surface area contributed by atoms with E-state index in [9.17, 15) is 0 Å². The van der Waals surface area contributed by atoms with E-state index in [1.807, 2.05) is 0 Å². The monoisotopic (exact) mass is 186 g/mol. The largest absolute Gasteiger partial charge is 0.329 e. The predicted molar refractivity (Wildman–Crippen MR) is 59.8 cm³/mol. The maximum absolute atomic E-state index is 5.83. The Balaban J connectivity index is 4.19. The Morgan fingerprint density at radius 2 is 1.92 bits per heavy atom. The van der Waals surface area contributed by atoms with Gasteiger partial charge in [0.1, 0.15) is 0 Å². The zero-order valence-electron chi connectivity index (χ0n) is 9.93. The molecule has 0 bridgehead atoms. The van der Waals surface area contributed by atoms with Gasteiger partial charge in [0.2, 0.25) is 0 Å². The number of nitrogens with zero attached hydrogens (tertiary/aromatic N) is 1. The molecule has 1 atom stereocenters. The van der Waals surface area contributed by atoms with Crippen molar-refractivity contribution in [1.29, 1.82) is 0 Å². The molecule has 0 radical (unpaired) electrons. The molecule has 0 aromatic carbocycles. The molecule has 0 saturated carbocycles. The van der Waals surface area contributed by atoms with Gasteiger partial charge in [0.05, 0.1) is 0 Å². The van der Waals surface area contributed by atoms with Crippen molar-refractivity contribution in [2.24, 2.45) is 11.7 Å². The van der Waals surface area contributed by atoms with Crippen molar-refractivity contribution in [3.05, 3.63) is 0 Å². The van der Waals surface area contributed by atoms with Gasteiger partial charge < -0.3 is 5.73 Å². The van der Waals surface area contributed by atoms with E-state index in [0.717, 1.165) is 13.1 Å². The Labute approximate surface area is 83.5 Å². The van der Waals surface area contributed by atoms with Crippen LogP contribution in [0.1, 0.15) is 40.5 Å². The molecule has 0 aromatic heterocycles. The van der Waals surface area contributed by atoms with Crippen LogP contribution in [0, 0.1) is 5.92 Å². The second kappa shape index (κ2) is 5.61. The number of hydrogen-bond acceptors (Lipinski definition) is 2. The smallest absolute Gasteiger partial charge is 0.0300 e. The van der Waals surface area contributed by atoms with Crippen molar-refractivity contribution in [2.75, 3.05) is 20.1 Å². The lowest BCUT2D eigenvalue weighted by Crippen LogP contribution is -2.50. The molecule has 0 aliphatic heterocycles. The summed E-state index contributed by atoms with van der Waals surface area (Å²) >= 11 is 0. The number of nitrogens with two attached hydrogens (primary N) is 1. The molecule has 80 valence electrons. The van der Waals surface area contributed by atoms with Gasteiger partial charge in [-0.3, -0.25) is 4.90 Å². The fourth-order valence-electron chi connectivity index (χ4n) is 1.76. The molecule has 0 aliphatic rings. The molecule has 0 aliphatic carbocycles. The molecule has 2 nitrogen and oxygen atoms in total. The van der Waals surface area contributed by atoms with Crippen LogP contribution in [0.5, 0.6) is 0 Å². The number of rotatable bonds is 6. The topological polar surface area (TPSA) is 29.3 Å². The van der Waals surface area contributed by atoms with Gasteiger partial charge in [0.15, 0.2) is 0 Å². The average molecular weight is 186 g/mol. The highest BCUT2D eigenvalue weighted by molar-refractivity contribution is 4.85. The highest BCUT2D eigenvalue weighted by atomic mass is 15.2. The first-order valence-corrected chi connectivity index (χ1v) is 5.37. The van der Waals surface area contributed by atoms with Gasteiger partial charge in [-0.2, -0.15) is 0 Å². The maximum Gasteiger partial charge on any atom is 0.0300 e. The quantitative estimate of drug-likeness (QED) is 0.688. The van der Waals surface area contributed by atoms with E-state index < -0.39 is 0 Å². The lowest BCUT2D eigenvalue weighted by atomic mass is 9.93. The first-order chi connectivity index (χ1) is 5.96. The van der Waals surface area contributed by atoms with E-state index in [1.54, 1.807) is 0 Å². The van der Waals surface area contributed by atoms with Gasteiger partial charge in [-0.15, -0.1) is 0 Å². The van der Waals surface area contributed by atoms with Crippen LogP contribution in [-0.4, -0.2) is 30.6 Å². The van der Waals surface area contributed by atoms with Crippen LogP contribution >= 0.6 is 0 Å². The fourth-order valence-corrected chi connectivity index (χ4v) is 1.76. The van der Waals surface area contributed by atoms with E-state index in [2.05, 4.69) is 39.6 Å². The molecule has 0 heterocycles. The minimum Gasteiger partial charge on any atom is -0.329 e. The third kappa shape index (κ3) is 4.10. The number of hydrogen-bond donors (Lipinski definition) is 1. The van der Waals surface area contributed by atoms with Crippen LogP contribution in [0.15, 0.2) is 0 Å². The second-order valence-corrected chi connectivity index (χ2v) is 4.73. The first kappa shape index (κ1) is 12.9. The summed E-state index contributed by atoms with van der Waals surface area (Å²) < 4.78 is 0. The molecule has 1 unspecified atom stereocenters. The van der Waals surface area contributed by atoms with E-state index >= 15 is 0 Å². The average Bonchev–Trinajstić information content (AvgIpc) is 2.03. The van der Waals surface area contributed by atoms with E-state index in [1.165, 1.54) is 12.8 Å². The summed E-state index contributed by atoms with van der Waals surface area (Å²) in [6.07, 6.45) is 2.39. The molecule has 0 spiro atoms. The van der Waals surface area contributed by atoms with Crippen LogP contribution in [0.3, 0.4) is 0 Å². The second-order valence-electron chi connectivity index (χ2n) is 4.73. The maximum atomic E-state index is 5.83. The van der Waals surface area contributed by atoms with Crippen molar-refractivity contribution >= 4 is 0 Å². The summed E-state index contributed by atoms with van der Waals surface area (Å²) in [7, 11) is 2.18. The summed E-state index contributed by atoms with van der Waals surface area (Å²) in [4.78, 5) is 2.40. The standard InChI is InChI=1S/C11H26N2/c1-6-7-11(4,9-12)13(5)8-10(2)3/h10H,6-9,12H2,1-5H3. The Hall–Kier alpha value is -0.0800. The van der Waals surface area contributed by atoms with Crippen LogP contribution in [0.4, 0.5) is 0 Å². The zero-order valence-corrected chi connectivity index (χ0v) is 9.93. The molecule has 2 heteroatoms. The molecular weight excluding hydrogens is 160 g/mol. The van der Waals surface area contributed by atoms with Crippen molar-refractivity contribution < 1.29 is 0 Å². The lowest BCUT2D eigenvalue weighted by Gasteiger charge is -2.39. The molecule has 0 fully saturated rings. The predicted octanol–water partition coefficient (Wildman–Crippen LogP) is 2.09. The molecule has 0 aromatic rings. The van der Waals surface area contributed by atoms with Crippen LogP contribution in [-0.2, 0) is 0 Å². The molecule has 2 N–H and O–H groups in total. The Bertz CT molecular complexity index is 134. The van der Waals surface area contributed by atoms with Gasteiger partial charge in [-0.1, -0.05) is 27.2 Å². The summed E-state index contributed by atoms with van der Waals surface area (Å²) in [5.41, 5.74) is 6.02. The normalized spacial score (nSPS) is 16.6. The van der Waals surface area contributed by atoms with Gasteiger partial charge in [-0.05, 0) is 26.3 Å². The minimum absolute atomic E-state index is 0.193. The third-order valence-corrected chi connectivity index (χ3v) is 2.79. The van der Waals surface area contributed by atoms with Gasteiger partial charge in [-0.25, -0.2) is 0 Å². The summed E-state index contributed by atoms with van der Waals surface area (Å²) in [5.74, 6) is 0.715. The van der Waals surface area contributed by atoms with E-state index in [0.29, 0.717) is 5.92 Å². The fraction of sp³-hybridized carbons (Fsp3) is 1.00. The van der Waals surface area contributed by atoms with Crippen LogP contribution < -0.4 is 5.73 Å². The van der Waals surface area contributed by atoms with Crippen molar-refractivity contribution in [1.82, 2.24) is 4.90 Å². The number of likely N-dealkylation sites (N-methyl/N-ethyl adjacent to an activating group) is 1. The highest BCUT2D eigenvalue weighted by Gasteiger charge is 2.26. The van der Waals surface area contributed by atoms with Crippen LogP contribution in [0.25, 0.3) is 0 Å². The van der Waals surface area contributed by atoms with Crippen LogP contribution in [0.2, 0.25) is 0 Å². The molecule has 0 saturated heterocycles. The molecule has 0 rings (SSSR count). The minimum atomic E-state index is 0.193. The van der Waals surface area contributed by atoms with E-state index in [-0.39, 0.29) is 5.54 Å². The summed E-state index contributed by atoms with van der Waals surface area (Å²) in [5, 5.41) is 0. The van der Waals surface area contributed by atoms with Crippen molar-refractivity contribution in [2.45, 2.75) is 46.1 Å². The van der Waals surface area contributed by atoms with Gasteiger partial charge in [0, 0.05) is 18.6 Å². The van der Waals surface area contributed by atoms with Gasteiger partial charge in [0.25, 0.3) is 0 Å². The Morgan fingerprint density at radius 3 is 2.23 bits per heavy atom. The van der Waals surface area contributed by atoms with Gasteiger partial charge >= 0.3 is 0 Å². The molecular formula is C11H26N2. The zero-order chi connectivity index (χ0) is 10.5. The molecule has 13 heavy (non-hydrogen) atoms. The van der Waals surface area contributed by atoms with E-state index in [4.69, 9.17) is 5.73 Å². The third-order valence-electron chi connectivity index (χ3n) is 2.79. The summed E-state index contributed by atoms with van der Waals surface area (Å²) in [6, 6.07) is 0. The first-order valence-electron chi connectivity index (χ1n) is 5.37. The van der Waals surface area contributed by atoms with Crippen molar-refractivity contribution in [3.63, 3.8) is 0 Å². The Morgan fingerprint density at radius 1 is 1.38 bits per heavy atom. The summed E-state index contributed by atoms with van der Waals surface area (Å²) in [6.45, 7) is 10.9. The SMILES string of the molecule is CCCC(C)(CN)N(C)CC(C)C. The van der Waals surface area contributed by atoms with Crippen molar-refractivity contribution in [3.8, 4) is 0 Å². The Kier molecular flexibility index (Phi) is 5.57.